The molecule has 5 amide bonds. The summed E-state index contributed by atoms with van der Waals surface area (Å²) in [6.07, 6.45) is 1.77. The zero-order valence-electron chi connectivity index (χ0n) is 34.8. The third-order valence-corrected chi connectivity index (χ3v) is 14.9. The lowest BCUT2D eigenvalue weighted by molar-refractivity contribution is -0.199. The van der Waals surface area contributed by atoms with Gasteiger partial charge in [0.2, 0.25) is 17.5 Å². The summed E-state index contributed by atoms with van der Waals surface area (Å²) in [6.45, 7) is 19.2. The quantitative estimate of drug-likeness (QED) is 0.184. The number of likely N-dealkylation sites (tertiary alicyclic amines) is 1. The summed E-state index contributed by atoms with van der Waals surface area (Å²) in [5, 5.41) is 2.53. The van der Waals surface area contributed by atoms with Crippen LogP contribution in [-0.2, 0) is 16.1 Å². The molecule has 6 heterocycles. The second kappa shape index (κ2) is 14.4. The molecule has 15 heteroatoms. The van der Waals surface area contributed by atoms with Crippen LogP contribution >= 0.6 is 11.6 Å². The number of carbonyl (C=O) groups is 5. The molecule has 3 aromatic rings. The van der Waals surface area contributed by atoms with Gasteiger partial charge in [0.25, 0.3) is 17.7 Å². The van der Waals surface area contributed by atoms with Crippen LogP contribution in [0.3, 0.4) is 0 Å². The third kappa shape index (κ3) is 6.28. The van der Waals surface area contributed by atoms with Crippen molar-refractivity contribution in [1.82, 2.24) is 25.0 Å². The van der Waals surface area contributed by atoms with Crippen LogP contribution in [0.25, 0.3) is 4.85 Å². The smallest absolute Gasteiger partial charge is 0.262 e. The van der Waals surface area contributed by atoms with Crippen molar-refractivity contribution in [2.75, 3.05) is 31.1 Å². The number of ether oxygens (including phenoxy) is 1. The maximum atomic E-state index is 15.6. The van der Waals surface area contributed by atoms with Crippen molar-refractivity contribution in [3.8, 4) is 17.6 Å². The highest BCUT2D eigenvalue weighted by atomic mass is 35.5. The van der Waals surface area contributed by atoms with Crippen LogP contribution in [0.4, 0.5) is 15.8 Å². The summed E-state index contributed by atoms with van der Waals surface area (Å²) in [7, 11) is 0. The first-order valence-corrected chi connectivity index (χ1v) is 21.6. The van der Waals surface area contributed by atoms with Gasteiger partial charge in [0.15, 0.2) is 0 Å². The number of piperidine rings is 1. The SMILES string of the molecule is [C-]#[N+]c1ccc(OC2C(C)(C)C(N3Cc4nc(C#CC5CC(N6CC7CN(c8cc9c(cc8F)C(=O)N(C8CCC(=O)NC8=O)C9=O)CC7C6)C5)ccc4C3=O)C2(C)C)cc1Cl. The normalized spacial score (nSPS) is 29.3. The maximum absolute atomic E-state index is 15.6. The highest BCUT2D eigenvalue weighted by molar-refractivity contribution is 6.33. The molecule has 62 heavy (non-hydrogen) atoms. The van der Waals surface area contributed by atoms with Crippen LogP contribution in [0.5, 0.6) is 5.75 Å². The van der Waals surface area contributed by atoms with Gasteiger partial charge in [0.05, 0.1) is 46.2 Å². The number of nitrogens with one attached hydrogen (secondary N) is 1. The van der Waals surface area contributed by atoms with E-state index in [4.69, 9.17) is 27.9 Å². The molecule has 5 fully saturated rings. The molecule has 318 valence electrons. The molecule has 2 aliphatic carbocycles. The number of benzene rings is 2. The fourth-order valence-corrected chi connectivity index (χ4v) is 12.1. The zero-order valence-corrected chi connectivity index (χ0v) is 35.6. The maximum Gasteiger partial charge on any atom is 0.262 e. The Balaban J connectivity index is 0.729. The first-order valence-electron chi connectivity index (χ1n) is 21.2. The van der Waals surface area contributed by atoms with Crippen molar-refractivity contribution in [3.05, 3.63) is 92.8 Å². The van der Waals surface area contributed by atoms with E-state index in [0.29, 0.717) is 65.2 Å². The summed E-state index contributed by atoms with van der Waals surface area (Å²) in [4.78, 5) is 80.0. The van der Waals surface area contributed by atoms with E-state index in [9.17, 15) is 24.0 Å². The molecule has 5 aliphatic heterocycles. The minimum Gasteiger partial charge on any atom is -0.489 e. The van der Waals surface area contributed by atoms with E-state index >= 15 is 4.39 Å². The van der Waals surface area contributed by atoms with E-state index in [-0.39, 0.29) is 64.5 Å². The topological polar surface area (TPSA) is 137 Å². The van der Waals surface area contributed by atoms with Gasteiger partial charge in [-0.2, -0.15) is 0 Å². The Morgan fingerprint density at radius 1 is 0.903 bits per heavy atom. The number of aromatic nitrogens is 1. The van der Waals surface area contributed by atoms with Gasteiger partial charge in [0.1, 0.15) is 29.4 Å². The highest BCUT2D eigenvalue weighted by Crippen LogP contribution is 2.59. The van der Waals surface area contributed by atoms with Gasteiger partial charge in [-0.1, -0.05) is 51.3 Å². The Bertz CT molecular complexity index is 2600. The zero-order chi connectivity index (χ0) is 43.6. The average molecular weight is 858 g/mol. The number of imide groups is 2. The molecular formula is C47H45ClFN7O6. The number of hydrogen-bond donors (Lipinski definition) is 1. The van der Waals surface area contributed by atoms with E-state index in [1.54, 1.807) is 18.2 Å². The van der Waals surface area contributed by atoms with Crippen molar-refractivity contribution in [3.63, 3.8) is 0 Å². The van der Waals surface area contributed by atoms with Gasteiger partial charge in [-0.3, -0.25) is 39.1 Å². The first-order chi connectivity index (χ1) is 29.5. The van der Waals surface area contributed by atoms with Gasteiger partial charge < -0.3 is 14.5 Å². The summed E-state index contributed by atoms with van der Waals surface area (Å²) < 4.78 is 22.0. The standard InChI is InChI=1S/C47H45ClFN7O6/c1-46(2)44(47(3,4)45(46)62-29-9-11-35(50-5)33(48)16-29)55-23-36-30(41(55)59)10-8-27(51-36)7-6-24-14-28(15-24)53-19-25-21-54(22-26(25)20-53)38-18-32-31(17-34(38)49)42(60)56(43(32)61)37-12-13-39(57)52-40(37)58/h8-11,16-18,24-26,28,37,44-45H,12-15,19-23H2,1-4H3,(H,52,57,58). The van der Waals surface area contributed by atoms with Gasteiger partial charge in [-0.15, -0.1) is 0 Å². The number of anilines is 1. The van der Waals surface area contributed by atoms with E-state index < -0.39 is 35.5 Å². The molecule has 0 spiro atoms. The Labute approximate surface area is 363 Å². The predicted molar refractivity (Wildman–Crippen MR) is 225 cm³/mol. The van der Waals surface area contributed by atoms with E-state index in [1.165, 1.54) is 6.07 Å². The predicted octanol–water partition coefficient (Wildman–Crippen LogP) is 5.86. The number of carbonyl (C=O) groups excluding carboxylic acids is 5. The van der Waals surface area contributed by atoms with Gasteiger partial charge in [0, 0.05) is 61.4 Å². The Kier molecular flexibility index (Phi) is 9.32. The molecule has 13 nitrogen and oxygen atoms in total. The van der Waals surface area contributed by atoms with Crippen molar-refractivity contribution < 1.29 is 33.1 Å². The summed E-state index contributed by atoms with van der Waals surface area (Å²) in [6, 6.07) is 10.6. The van der Waals surface area contributed by atoms with Crippen LogP contribution in [-0.4, -0.2) is 99.6 Å². The number of fused-ring (bicyclic) bond motifs is 3. The lowest BCUT2D eigenvalue weighted by Crippen LogP contribution is -2.74. The molecule has 10 rings (SSSR count). The third-order valence-electron chi connectivity index (χ3n) is 14.5. The van der Waals surface area contributed by atoms with E-state index in [0.717, 1.165) is 42.6 Å². The monoisotopic (exact) mass is 857 g/mol. The molecule has 2 aromatic carbocycles. The Hall–Kier alpha value is -5.83. The van der Waals surface area contributed by atoms with Crippen LogP contribution in [0.1, 0.15) is 95.8 Å². The van der Waals surface area contributed by atoms with Crippen LogP contribution in [0.2, 0.25) is 5.02 Å². The largest absolute Gasteiger partial charge is 0.489 e. The summed E-state index contributed by atoms with van der Waals surface area (Å²) in [5.41, 5.74) is 1.92. The molecule has 0 radical (unpaired) electrons. The molecule has 1 aromatic heterocycles. The molecular weight excluding hydrogens is 813 g/mol. The summed E-state index contributed by atoms with van der Waals surface area (Å²) in [5.74, 6) is 5.10. The lowest BCUT2D eigenvalue weighted by Gasteiger charge is -2.65. The number of pyridine rings is 1. The number of nitrogens with zero attached hydrogens (tertiary/aromatic N) is 6. The van der Waals surface area contributed by atoms with Crippen molar-refractivity contribution in [2.45, 2.75) is 84.2 Å². The van der Waals surface area contributed by atoms with Crippen LogP contribution in [0.15, 0.2) is 42.5 Å². The number of rotatable bonds is 6. The number of amides is 5. The van der Waals surface area contributed by atoms with Crippen LogP contribution < -0.4 is 15.0 Å². The fraction of sp³-hybridized carbons (Fsp3) is 0.468. The second-order valence-electron chi connectivity index (χ2n) is 19.2. The fourth-order valence-electron chi connectivity index (χ4n) is 11.9. The summed E-state index contributed by atoms with van der Waals surface area (Å²) >= 11 is 6.29. The minimum absolute atomic E-state index is 0.0153. The molecule has 3 unspecified atom stereocenters. The highest BCUT2D eigenvalue weighted by Gasteiger charge is 2.67. The van der Waals surface area contributed by atoms with Gasteiger partial charge in [-0.25, -0.2) is 14.2 Å². The van der Waals surface area contributed by atoms with E-state index in [1.807, 2.05) is 21.9 Å². The lowest BCUT2D eigenvalue weighted by atomic mass is 9.49. The molecule has 7 aliphatic rings. The molecule has 0 bridgehead atoms. The number of hydrogen-bond acceptors (Lipinski definition) is 9. The van der Waals surface area contributed by atoms with Crippen molar-refractivity contribution in [2.24, 2.45) is 28.6 Å². The average Bonchev–Trinajstić information content (AvgIpc) is 3.93. The van der Waals surface area contributed by atoms with Gasteiger partial charge >= 0.3 is 0 Å². The Morgan fingerprint density at radius 2 is 1.60 bits per heavy atom. The number of halogens is 2. The first kappa shape index (κ1) is 40.3. The van der Waals surface area contributed by atoms with Crippen molar-refractivity contribution >= 4 is 52.5 Å². The molecule has 3 saturated heterocycles. The van der Waals surface area contributed by atoms with Crippen LogP contribution in [0, 0.1) is 52.8 Å². The van der Waals surface area contributed by atoms with Crippen molar-refractivity contribution in [1.29, 1.82) is 0 Å². The Morgan fingerprint density at radius 3 is 2.26 bits per heavy atom. The van der Waals surface area contributed by atoms with E-state index in [2.05, 4.69) is 54.6 Å². The second-order valence-corrected chi connectivity index (χ2v) is 19.6. The minimum atomic E-state index is -1.10. The molecule has 3 atom stereocenters. The van der Waals surface area contributed by atoms with Gasteiger partial charge in [-0.05, 0) is 73.4 Å². The molecule has 2 saturated carbocycles. The molecule has 1 N–H and O–H groups in total.